The van der Waals surface area contributed by atoms with Crippen molar-refractivity contribution in [3.63, 3.8) is 0 Å². The highest BCUT2D eigenvalue weighted by atomic mass is 16.5. The number of anilines is 1. The molecule has 4 aromatic rings. The molecule has 0 saturated heterocycles. The lowest BCUT2D eigenvalue weighted by atomic mass is 10.1. The number of nitrogens with one attached hydrogen (secondary N) is 1. The second-order valence-electron chi connectivity index (χ2n) is 6.78. The van der Waals surface area contributed by atoms with E-state index >= 15 is 0 Å². The fourth-order valence-electron chi connectivity index (χ4n) is 3.16. The first-order chi connectivity index (χ1) is 14.2. The number of hydrogen-bond acceptors (Lipinski definition) is 5. The Morgan fingerprint density at radius 3 is 2.55 bits per heavy atom. The maximum Gasteiger partial charge on any atom is 0.148 e. The van der Waals surface area contributed by atoms with Crippen LogP contribution in [-0.4, -0.2) is 33.4 Å². The summed E-state index contributed by atoms with van der Waals surface area (Å²) in [5.74, 6) is 1.52. The van der Waals surface area contributed by atoms with E-state index in [1.54, 1.807) is 13.4 Å². The molecule has 0 atom stereocenters. The molecule has 4 rings (SSSR count). The fraction of sp³-hybridized carbons (Fsp3) is 0.174. The predicted molar refractivity (Wildman–Crippen MR) is 115 cm³/mol. The first-order valence-corrected chi connectivity index (χ1v) is 9.54. The summed E-state index contributed by atoms with van der Waals surface area (Å²) in [4.78, 5) is 4.28. The van der Waals surface area contributed by atoms with Crippen LogP contribution in [0.3, 0.4) is 0 Å². The largest absolute Gasteiger partial charge is 0.495 e. The zero-order valence-electron chi connectivity index (χ0n) is 16.5. The summed E-state index contributed by atoms with van der Waals surface area (Å²) >= 11 is 0. The molecule has 6 heteroatoms. The molecule has 29 heavy (non-hydrogen) atoms. The highest BCUT2D eigenvalue weighted by Gasteiger charge is 2.09. The molecule has 0 unspecified atom stereocenters. The van der Waals surface area contributed by atoms with Gasteiger partial charge in [-0.05, 0) is 43.2 Å². The Labute approximate surface area is 170 Å². The van der Waals surface area contributed by atoms with Gasteiger partial charge in [0.1, 0.15) is 11.6 Å². The van der Waals surface area contributed by atoms with E-state index in [0.29, 0.717) is 0 Å². The second-order valence-corrected chi connectivity index (χ2v) is 6.78. The van der Waals surface area contributed by atoms with Gasteiger partial charge in [0, 0.05) is 18.3 Å². The molecule has 0 spiro atoms. The summed E-state index contributed by atoms with van der Waals surface area (Å²) in [6.07, 6.45) is 4.69. The van der Waals surface area contributed by atoms with E-state index < -0.39 is 0 Å². The molecule has 146 valence electrons. The summed E-state index contributed by atoms with van der Waals surface area (Å²) in [5.41, 5.74) is 4.93. The van der Waals surface area contributed by atoms with Crippen LogP contribution in [0.5, 0.6) is 5.75 Å². The Bertz CT molecular complexity index is 1070. The van der Waals surface area contributed by atoms with E-state index in [2.05, 4.69) is 44.8 Å². The third-order valence-corrected chi connectivity index (χ3v) is 4.69. The van der Waals surface area contributed by atoms with Gasteiger partial charge in [-0.25, -0.2) is 4.98 Å². The molecule has 0 bridgehead atoms. The molecule has 2 aromatic heterocycles. The molecular weight excluding hydrogens is 362 g/mol. The van der Waals surface area contributed by atoms with Crippen LogP contribution in [0.1, 0.15) is 11.3 Å². The Morgan fingerprint density at radius 2 is 1.86 bits per heavy atom. The van der Waals surface area contributed by atoms with Crippen molar-refractivity contribution in [2.45, 2.75) is 13.3 Å². The normalized spacial score (nSPS) is 10.7. The molecule has 0 aliphatic rings. The smallest absolute Gasteiger partial charge is 0.148 e. The summed E-state index contributed by atoms with van der Waals surface area (Å²) in [5, 5.41) is 12.0. The molecule has 1 N–H and O–H groups in total. The van der Waals surface area contributed by atoms with Crippen LogP contribution < -0.4 is 10.1 Å². The van der Waals surface area contributed by atoms with Gasteiger partial charge in [0.25, 0.3) is 0 Å². The molecule has 0 aliphatic carbocycles. The summed E-state index contributed by atoms with van der Waals surface area (Å²) < 4.78 is 7.53. The molecular formula is C23H23N5O. The fourth-order valence-corrected chi connectivity index (χ4v) is 3.16. The molecule has 0 saturated carbocycles. The number of rotatable bonds is 7. The average Bonchev–Trinajstić information content (AvgIpc) is 3.20. The number of aromatic nitrogens is 4. The van der Waals surface area contributed by atoms with E-state index in [1.165, 1.54) is 5.56 Å². The first-order valence-electron chi connectivity index (χ1n) is 9.54. The van der Waals surface area contributed by atoms with E-state index in [4.69, 9.17) is 4.74 Å². The van der Waals surface area contributed by atoms with Gasteiger partial charge in [-0.3, -0.25) is 0 Å². The van der Waals surface area contributed by atoms with E-state index in [9.17, 15) is 0 Å². The topological polar surface area (TPSA) is 64.9 Å². The summed E-state index contributed by atoms with van der Waals surface area (Å²) in [7, 11) is 1.66. The van der Waals surface area contributed by atoms with Crippen LogP contribution in [0.4, 0.5) is 5.82 Å². The Balaban J connectivity index is 1.45. The van der Waals surface area contributed by atoms with Crippen LogP contribution in [-0.2, 0) is 6.42 Å². The second kappa shape index (κ2) is 8.56. The van der Waals surface area contributed by atoms with E-state index in [0.717, 1.165) is 47.2 Å². The van der Waals surface area contributed by atoms with Crippen LogP contribution >= 0.6 is 0 Å². The Morgan fingerprint density at radius 1 is 1.00 bits per heavy atom. The minimum atomic E-state index is 0.756. The number of methoxy groups -OCH3 is 1. The zero-order valence-corrected chi connectivity index (χ0v) is 16.5. The first kappa shape index (κ1) is 18.7. The SMILES string of the molecule is COc1cc(-c2ccc(NCCc3ccccc3)nn2)ccc1-n1cnc(C)c1. The van der Waals surface area contributed by atoms with Crippen LogP contribution in [0.25, 0.3) is 16.9 Å². The molecule has 2 aromatic carbocycles. The highest BCUT2D eigenvalue weighted by Crippen LogP contribution is 2.29. The molecule has 0 radical (unpaired) electrons. The van der Waals surface area contributed by atoms with Crippen molar-refractivity contribution < 1.29 is 4.74 Å². The lowest BCUT2D eigenvalue weighted by Crippen LogP contribution is -2.07. The average molecular weight is 385 g/mol. The number of aryl methyl sites for hydroxylation is 1. The van der Waals surface area contributed by atoms with E-state index in [-0.39, 0.29) is 0 Å². The minimum absolute atomic E-state index is 0.756. The lowest BCUT2D eigenvalue weighted by Gasteiger charge is -2.11. The van der Waals surface area contributed by atoms with Crippen molar-refractivity contribution in [1.82, 2.24) is 19.7 Å². The van der Waals surface area contributed by atoms with Gasteiger partial charge in [0.05, 0.1) is 30.5 Å². The maximum atomic E-state index is 5.58. The summed E-state index contributed by atoms with van der Waals surface area (Å²) in [6, 6.07) is 20.3. The third-order valence-electron chi connectivity index (χ3n) is 4.69. The van der Waals surface area contributed by atoms with Gasteiger partial charge in [-0.1, -0.05) is 36.4 Å². The Kier molecular flexibility index (Phi) is 5.52. The number of nitrogens with zero attached hydrogens (tertiary/aromatic N) is 4. The number of ether oxygens (including phenoxy) is 1. The zero-order chi connectivity index (χ0) is 20.1. The molecule has 0 fully saturated rings. The Hall–Kier alpha value is -3.67. The molecule has 2 heterocycles. The van der Waals surface area contributed by atoms with Crippen molar-refractivity contribution in [2.75, 3.05) is 19.0 Å². The van der Waals surface area contributed by atoms with Crippen molar-refractivity contribution in [2.24, 2.45) is 0 Å². The summed E-state index contributed by atoms with van der Waals surface area (Å²) in [6.45, 7) is 2.77. The van der Waals surface area contributed by atoms with Crippen LogP contribution in [0, 0.1) is 6.92 Å². The maximum absolute atomic E-state index is 5.58. The van der Waals surface area contributed by atoms with Crippen molar-refractivity contribution >= 4 is 5.82 Å². The van der Waals surface area contributed by atoms with Crippen LogP contribution in [0.2, 0.25) is 0 Å². The van der Waals surface area contributed by atoms with E-state index in [1.807, 2.05) is 54.1 Å². The van der Waals surface area contributed by atoms with Gasteiger partial charge in [0.2, 0.25) is 0 Å². The number of hydrogen-bond donors (Lipinski definition) is 1. The predicted octanol–water partition coefficient (Wildman–Crippen LogP) is 4.30. The quantitative estimate of drug-likeness (QED) is 0.514. The van der Waals surface area contributed by atoms with Gasteiger partial charge >= 0.3 is 0 Å². The lowest BCUT2D eigenvalue weighted by molar-refractivity contribution is 0.413. The van der Waals surface area contributed by atoms with Gasteiger partial charge in [0.15, 0.2) is 0 Å². The van der Waals surface area contributed by atoms with Gasteiger partial charge in [-0.2, -0.15) is 0 Å². The minimum Gasteiger partial charge on any atom is -0.495 e. The number of benzene rings is 2. The van der Waals surface area contributed by atoms with Crippen LogP contribution in [0.15, 0.2) is 73.2 Å². The third kappa shape index (κ3) is 4.43. The van der Waals surface area contributed by atoms with Gasteiger partial charge in [-0.15, -0.1) is 10.2 Å². The monoisotopic (exact) mass is 385 g/mol. The van der Waals surface area contributed by atoms with Crippen molar-refractivity contribution in [1.29, 1.82) is 0 Å². The highest BCUT2D eigenvalue weighted by molar-refractivity contribution is 5.65. The van der Waals surface area contributed by atoms with Crippen molar-refractivity contribution in [3.05, 3.63) is 84.4 Å². The molecule has 0 aliphatic heterocycles. The standard InChI is InChI=1S/C23H23N5O/c1-17-15-28(16-25-17)21-10-8-19(14-22(21)29-2)20-9-11-23(27-26-20)24-13-12-18-6-4-3-5-7-18/h3-11,14-16H,12-13H2,1-2H3,(H,24,27). The van der Waals surface area contributed by atoms with Crippen molar-refractivity contribution in [3.8, 4) is 22.7 Å². The van der Waals surface area contributed by atoms with Gasteiger partial charge < -0.3 is 14.6 Å². The molecule has 6 nitrogen and oxygen atoms in total. The number of imidazole rings is 1. The molecule has 0 amide bonds.